The van der Waals surface area contributed by atoms with Gasteiger partial charge in [-0.1, -0.05) is 0 Å². The Bertz CT molecular complexity index is 293. The molecule has 0 aliphatic heterocycles. The number of aromatic amines is 1. The third kappa shape index (κ3) is 2.58. The molecule has 0 atom stereocenters. The molecule has 6 heteroatoms. The van der Waals surface area contributed by atoms with Gasteiger partial charge in [0.1, 0.15) is 0 Å². The number of carbonyl (C=O) groups excluding carboxylic acids is 2. The highest BCUT2D eigenvalue weighted by molar-refractivity contribution is 6.34. The van der Waals surface area contributed by atoms with Crippen LogP contribution in [0, 0.1) is 0 Å². The average Bonchev–Trinajstić information content (AvgIpc) is 2.65. The largest absolute Gasteiger partial charge is 0.351 e. The van der Waals surface area contributed by atoms with E-state index in [1.165, 1.54) is 7.05 Å². The monoisotopic (exact) mass is 182 g/mol. The molecule has 1 rings (SSSR count). The van der Waals surface area contributed by atoms with Crippen molar-refractivity contribution in [2.75, 3.05) is 7.05 Å². The summed E-state index contributed by atoms with van der Waals surface area (Å²) in [5.41, 5.74) is 0.817. The second-order valence-electron chi connectivity index (χ2n) is 2.37. The fraction of sp³-hybridized carbons (Fsp3) is 0.286. The maximum absolute atomic E-state index is 10.9. The molecule has 6 nitrogen and oxygen atoms in total. The molecule has 1 aromatic rings. The van der Waals surface area contributed by atoms with Crippen LogP contribution in [0.2, 0.25) is 0 Å². The first-order valence-electron chi connectivity index (χ1n) is 3.71. The molecule has 0 aromatic carbocycles. The van der Waals surface area contributed by atoms with E-state index in [0.717, 1.165) is 5.56 Å². The molecule has 0 fully saturated rings. The van der Waals surface area contributed by atoms with Gasteiger partial charge in [0.2, 0.25) is 0 Å². The minimum atomic E-state index is -0.650. The second-order valence-corrected chi connectivity index (χ2v) is 2.37. The third-order valence-corrected chi connectivity index (χ3v) is 1.44. The van der Waals surface area contributed by atoms with Crippen molar-refractivity contribution in [3.05, 3.63) is 18.0 Å². The highest BCUT2D eigenvalue weighted by atomic mass is 16.2. The average molecular weight is 182 g/mol. The van der Waals surface area contributed by atoms with Crippen LogP contribution in [0.15, 0.2) is 12.4 Å². The molecule has 1 heterocycles. The van der Waals surface area contributed by atoms with Gasteiger partial charge in [-0.05, 0) is 0 Å². The summed E-state index contributed by atoms with van der Waals surface area (Å²) in [5, 5.41) is 10.9. The van der Waals surface area contributed by atoms with Crippen molar-refractivity contribution in [2.45, 2.75) is 6.54 Å². The summed E-state index contributed by atoms with van der Waals surface area (Å²) < 4.78 is 0. The Morgan fingerprint density at radius 1 is 1.54 bits per heavy atom. The van der Waals surface area contributed by atoms with E-state index in [9.17, 15) is 9.59 Å². The van der Waals surface area contributed by atoms with Gasteiger partial charge in [-0.2, -0.15) is 5.10 Å². The number of likely N-dealkylation sites (N-methyl/N-ethyl adjacent to an activating group) is 1. The van der Waals surface area contributed by atoms with Gasteiger partial charge in [0.25, 0.3) is 0 Å². The van der Waals surface area contributed by atoms with E-state index in [2.05, 4.69) is 20.8 Å². The molecule has 2 amide bonds. The number of amides is 2. The standard InChI is InChI=1S/C7H10N4O2/c1-8-6(12)7(13)9-2-5-3-10-11-4-5/h3-4H,2H2,1H3,(H,8,12)(H,9,13)(H,10,11). The van der Waals surface area contributed by atoms with Crippen LogP contribution in [0.25, 0.3) is 0 Å². The highest BCUT2D eigenvalue weighted by Gasteiger charge is 2.09. The number of hydrogen-bond acceptors (Lipinski definition) is 3. The van der Waals surface area contributed by atoms with Gasteiger partial charge in [-0.25, -0.2) is 0 Å². The second kappa shape index (κ2) is 4.24. The Balaban J connectivity index is 2.35. The number of hydrogen-bond donors (Lipinski definition) is 3. The molecule has 13 heavy (non-hydrogen) atoms. The predicted molar refractivity (Wildman–Crippen MR) is 44.5 cm³/mol. The van der Waals surface area contributed by atoms with Gasteiger partial charge < -0.3 is 10.6 Å². The fourth-order valence-corrected chi connectivity index (χ4v) is 0.750. The van der Waals surface area contributed by atoms with E-state index < -0.39 is 11.8 Å². The predicted octanol–water partition coefficient (Wildman–Crippen LogP) is -1.23. The Labute approximate surface area is 74.7 Å². The number of rotatable bonds is 2. The molecule has 0 saturated carbocycles. The lowest BCUT2D eigenvalue weighted by Gasteiger charge is -2.00. The number of nitrogens with zero attached hydrogens (tertiary/aromatic N) is 1. The van der Waals surface area contributed by atoms with Crippen LogP contribution in [-0.2, 0) is 16.1 Å². The summed E-state index contributed by atoms with van der Waals surface area (Å²) in [5.74, 6) is -1.30. The number of carbonyl (C=O) groups is 2. The minimum absolute atomic E-state index is 0.294. The van der Waals surface area contributed by atoms with Crippen LogP contribution in [0.3, 0.4) is 0 Å². The highest BCUT2D eigenvalue weighted by Crippen LogP contribution is 1.91. The fourth-order valence-electron chi connectivity index (χ4n) is 0.750. The summed E-state index contributed by atoms with van der Waals surface area (Å²) >= 11 is 0. The maximum Gasteiger partial charge on any atom is 0.309 e. The molecular weight excluding hydrogens is 172 g/mol. The van der Waals surface area contributed by atoms with Crippen molar-refractivity contribution in [3.63, 3.8) is 0 Å². The smallest absolute Gasteiger partial charge is 0.309 e. The quantitative estimate of drug-likeness (QED) is 0.500. The summed E-state index contributed by atoms with van der Waals surface area (Å²) in [6, 6.07) is 0. The number of H-pyrrole nitrogens is 1. The van der Waals surface area contributed by atoms with E-state index >= 15 is 0 Å². The Kier molecular flexibility index (Phi) is 3.02. The number of nitrogens with one attached hydrogen (secondary N) is 3. The maximum atomic E-state index is 10.9. The Morgan fingerprint density at radius 3 is 2.85 bits per heavy atom. The Hall–Kier alpha value is -1.85. The molecule has 0 radical (unpaired) electrons. The van der Waals surface area contributed by atoms with Crippen LogP contribution in [0.5, 0.6) is 0 Å². The molecule has 0 aliphatic rings. The zero-order valence-electron chi connectivity index (χ0n) is 7.13. The first kappa shape index (κ1) is 9.24. The van der Waals surface area contributed by atoms with E-state index in [0.29, 0.717) is 6.54 Å². The lowest BCUT2D eigenvalue weighted by molar-refractivity contribution is -0.139. The molecule has 0 unspecified atom stereocenters. The molecule has 70 valence electrons. The molecule has 0 aliphatic carbocycles. The van der Waals surface area contributed by atoms with Gasteiger partial charge >= 0.3 is 11.8 Å². The van der Waals surface area contributed by atoms with E-state index in [4.69, 9.17) is 0 Å². The lowest BCUT2D eigenvalue weighted by Crippen LogP contribution is -2.37. The molecule has 0 bridgehead atoms. The van der Waals surface area contributed by atoms with E-state index in [-0.39, 0.29) is 0 Å². The molecule has 1 aromatic heterocycles. The van der Waals surface area contributed by atoms with Crippen molar-refractivity contribution in [1.29, 1.82) is 0 Å². The first-order chi connectivity index (χ1) is 6.24. The van der Waals surface area contributed by atoms with Crippen molar-refractivity contribution in [1.82, 2.24) is 20.8 Å². The minimum Gasteiger partial charge on any atom is -0.351 e. The molecular formula is C7H10N4O2. The zero-order valence-corrected chi connectivity index (χ0v) is 7.13. The van der Waals surface area contributed by atoms with Crippen molar-refractivity contribution in [3.8, 4) is 0 Å². The van der Waals surface area contributed by atoms with Crippen LogP contribution in [0.4, 0.5) is 0 Å². The van der Waals surface area contributed by atoms with Crippen molar-refractivity contribution < 1.29 is 9.59 Å². The van der Waals surface area contributed by atoms with Crippen LogP contribution < -0.4 is 10.6 Å². The lowest BCUT2D eigenvalue weighted by atomic mass is 10.3. The summed E-state index contributed by atoms with van der Waals surface area (Å²) in [4.78, 5) is 21.6. The van der Waals surface area contributed by atoms with Crippen LogP contribution in [-0.4, -0.2) is 29.1 Å². The van der Waals surface area contributed by atoms with Gasteiger partial charge in [0.15, 0.2) is 0 Å². The van der Waals surface area contributed by atoms with Crippen LogP contribution >= 0.6 is 0 Å². The van der Waals surface area contributed by atoms with Crippen molar-refractivity contribution in [2.24, 2.45) is 0 Å². The molecule has 3 N–H and O–H groups in total. The third-order valence-electron chi connectivity index (χ3n) is 1.44. The summed E-state index contributed by atoms with van der Waals surface area (Å²) in [6.45, 7) is 0.294. The van der Waals surface area contributed by atoms with E-state index in [1.807, 2.05) is 0 Å². The first-order valence-corrected chi connectivity index (χ1v) is 3.71. The SMILES string of the molecule is CNC(=O)C(=O)NCc1cn[nH]c1. The summed E-state index contributed by atoms with van der Waals surface area (Å²) in [6.07, 6.45) is 3.22. The Morgan fingerprint density at radius 2 is 2.31 bits per heavy atom. The van der Waals surface area contributed by atoms with Crippen molar-refractivity contribution >= 4 is 11.8 Å². The zero-order chi connectivity index (χ0) is 9.68. The van der Waals surface area contributed by atoms with E-state index in [1.54, 1.807) is 12.4 Å². The van der Waals surface area contributed by atoms with Crippen LogP contribution in [0.1, 0.15) is 5.56 Å². The molecule has 0 spiro atoms. The van der Waals surface area contributed by atoms with Gasteiger partial charge in [-0.15, -0.1) is 0 Å². The normalized spacial score (nSPS) is 9.31. The topological polar surface area (TPSA) is 86.9 Å². The summed E-state index contributed by atoms with van der Waals surface area (Å²) in [7, 11) is 1.40. The van der Waals surface area contributed by atoms with Gasteiger partial charge in [-0.3, -0.25) is 14.7 Å². The van der Waals surface area contributed by atoms with Gasteiger partial charge in [0.05, 0.1) is 6.20 Å². The number of aromatic nitrogens is 2. The molecule has 0 saturated heterocycles. The van der Waals surface area contributed by atoms with Gasteiger partial charge in [0, 0.05) is 25.4 Å².